The van der Waals surface area contributed by atoms with E-state index >= 15 is 0 Å². The molecule has 0 aliphatic carbocycles. The Balaban J connectivity index is 1.52. The monoisotopic (exact) mass is 421 g/mol. The Bertz CT molecular complexity index is 1170. The maximum absolute atomic E-state index is 13.9. The van der Waals surface area contributed by atoms with E-state index in [9.17, 15) is 4.39 Å². The molecule has 152 valence electrons. The van der Waals surface area contributed by atoms with Gasteiger partial charge in [-0.05, 0) is 35.2 Å². The number of hydrogen-bond acceptors (Lipinski definition) is 3. The zero-order chi connectivity index (χ0) is 20.9. The molecule has 0 saturated heterocycles. The largest absolute Gasteiger partial charge is 0.493 e. The molecule has 0 amide bonds. The standard InChI is InChI=1S/C25H21ClFNO2/c1-29-24-14-17(15-28-23-12-6-9-18-7-2-4-10-20(18)23)13-21(26)25(24)30-16-19-8-3-5-11-22(19)27/h2-14,28H,15-16H2,1H3. The summed E-state index contributed by atoms with van der Waals surface area (Å²) in [6.07, 6.45) is 0. The first-order valence-corrected chi connectivity index (χ1v) is 9.98. The third-order valence-electron chi connectivity index (χ3n) is 4.89. The van der Waals surface area contributed by atoms with E-state index in [0.717, 1.165) is 16.6 Å². The molecule has 0 aromatic heterocycles. The van der Waals surface area contributed by atoms with Crippen molar-refractivity contribution in [2.45, 2.75) is 13.2 Å². The molecule has 3 nitrogen and oxygen atoms in total. The lowest BCUT2D eigenvalue weighted by Gasteiger charge is -2.15. The van der Waals surface area contributed by atoms with Crippen LogP contribution < -0.4 is 14.8 Å². The van der Waals surface area contributed by atoms with Gasteiger partial charge in [0.25, 0.3) is 0 Å². The van der Waals surface area contributed by atoms with Gasteiger partial charge in [-0.15, -0.1) is 0 Å². The van der Waals surface area contributed by atoms with Crippen LogP contribution in [0.5, 0.6) is 11.5 Å². The van der Waals surface area contributed by atoms with Gasteiger partial charge >= 0.3 is 0 Å². The van der Waals surface area contributed by atoms with E-state index in [4.69, 9.17) is 21.1 Å². The van der Waals surface area contributed by atoms with Crippen molar-refractivity contribution in [2.75, 3.05) is 12.4 Å². The van der Waals surface area contributed by atoms with Crippen molar-refractivity contribution in [3.05, 3.63) is 101 Å². The van der Waals surface area contributed by atoms with Crippen molar-refractivity contribution in [3.8, 4) is 11.5 Å². The summed E-state index contributed by atoms with van der Waals surface area (Å²) in [5.41, 5.74) is 2.45. The fraction of sp³-hybridized carbons (Fsp3) is 0.120. The molecule has 4 aromatic rings. The average Bonchev–Trinajstić information content (AvgIpc) is 2.77. The van der Waals surface area contributed by atoms with E-state index < -0.39 is 0 Å². The molecule has 4 rings (SSSR count). The Morgan fingerprint density at radius 3 is 2.53 bits per heavy atom. The molecular formula is C25H21ClFNO2. The van der Waals surface area contributed by atoms with E-state index in [-0.39, 0.29) is 12.4 Å². The molecule has 0 bridgehead atoms. The van der Waals surface area contributed by atoms with Crippen LogP contribution in [0.3, 0.4) is 0 Å². The van der Waals surface area contributed by atoms with E-state index in [1.54, 1.807) is 25.3 Å². The SMILES string of the molecule is COc1cc(CNc2cccc3ccccc23)cc(Cl)c1OCc1ccccc1F. The van der Waals surface area contributed by atoms with Crippen molar-refractivity contribution in [1.29, 1.82) is 0 Å². The summed E-state index contributed by atoms with van der Waals surface area (Å²) in [7, 11) is 1.56. The highest BCUT2D eigenvalue weighted by molar-refractivity contribution is 6.32. The van der Waals surface area contributed by atoms with E-state index in [1.807, 2.05) is 36.4 Å². The molecular weight excluding hydrogens is 401 g/mol. The lowest BCUT2D eigenvalue weighted by Crippen LogP contribution is -2.03. The molecule has 0 fully saturated rings. The maximum atomic E-state index is 13.9. The Morgan fingerprint density at radius 1 is 0.933 bits per heavy atom. The van der Waals surface area contributed by atoms with E-state index in [1.165, 1.54) is 11.5 Å². The van der Waals surface area contributed by atoms with Gasteiger partial charge in [-0.3, -0.25) is 0 Å². The molecule has 0 heterocycles. The van der Waals surface area contributed by atoms with Gasteiger partial charge in [-0.2, -0.15) is 0 Å². The van der Waals surface area contributed by atoms with Crippen molar-refractivity contribution in [3.63, 3.8) is 0 Å². The number of ether oxygens (including phenoxy) is 2. The molecule has 4 aromatic carbocycles. The minimum atomic E-state index is -0.316. The van der Waals surface area contributed by atoms with Crippen molar-refractivity contribution < 1.29 is 13.9 Å². The van der Waals surface area contributed by atoms with Gasteiger partial charge in [0.2, 0.25) is 0 Å². The van der Waals surface area contributed by atoms with Crippen molar-refractivity contribution >= 4 is 28.1 Å². The van der Waals surface area contributed by atoms with Crippen LogP contribution in [-0.4, -0.2) is 7.11 Å². The highest BCUT2D eigenvalue weighted by atomic mass is 35.5. The first-order valence-electron chi connectivity index (χ1n) is 9.60. The first-order chi connectivity index (χ1) is 14.7. The number of anilines is 1. The van der Waals surface area contributed by atoms with Crippen LogP contribution in [0.25, 0.3) is 10.8 Å². The van der Waals surface area contributed by atoms with Gasteiger partial charge in [0.05, 0.1) is 12.1 Å². The summed E-state index contributed by atoms with van der Waals surface area (Å²) >= 11 is 6.47. The van der Waals surface area contributed by atoms with Crippen LogP contribution in [0.2, 0.25) is 5.02 Å². The second-order valence-electron chi connectivity index (χ2n) is 6.87. The van der Waals surface area contributed by atoms with Gasteiger partial charge in [-0.1, -0.05) is 66.2 Å². The summed E-state index contributed by atoms with van der Waals surface area (Å²) in [4.78, 5) is 0. The predicted molar refractivity (Wildman–Crippen MR) is 120 cm³/mol. The molecule has 0 aliphatic rings. The molecule has 0 unspecified atom stereocenters. The lowest BCUT2D eigenvalue weighted by molar-refractivity contribution is 0.280. The number of benzene rings is 4. The number of methoxy groups -OCH3 is 1. The average molecular weight is 422 g/mol. The zero-order valence-electron chi connectivity index (χ0n) is 16.5. The molecule has 30 heavy (non-hydrogen) atoms. The molecule has 0 atom stereocenters. The second kappa shape index (κ2) is 9.06. The number of halogens is 2. The lowest BCUT2D eigenvalue weighted by atomic mass is 10.1. The van der Waals surface area contributed by atoms with Gasteiger partial charge < -0.3 is 14.8 Å². The highest BCUT2D eigenvalue weighted by Crippen LogP contribution is 2.37. The van der Waals surface area contributed by atoms with Gasteiger partial charge in [-0.25, -0.2) is 4.39 Å². The fourth-order valence-electron chi connectivity index (χ4n) is 3.36. The van der Waals surface area contributed by atoms with Crippen LogP contribution in [0, 0.1) is 5.82 Å². The zero-order valence-corrected chi connectivity index (χ0v) is 17.2. The third kappa shape index (κ3) is 4.34. The molecule has 0 saturated carbocycles. The summed E-state index contributed by atoms with van der Waals surface area (Å²) in [5.74, 6) is 0.591. The van der Waals surface area contributed by atoms with Crippen LogP contribution in [-0.2, 0) is 13.2 Å². The predicted octanol–water partition coefficient (Wildman–Crippen LogP) is 6.83. The molecule has 1 N–H and O–H groups in total. The number of nitrogens with one attached hydrogen (secondary N) is 1. The fourth-order valence-corrected chi connectivity index (χ4v) is 3.65. The topological polar surface area (TPSA) is 30.5 Å². The molecule has 5 heteroatoms. The van der Waals surface area contributed by atoms with Crippen molar-refractivity contribution in [2.24, 2.45) is 0 Å². The van der Waals surface area contributed by atoms with Gasteiger partial charge in [0, 0.05) is 23.2 Å². The Labute approximate surface area is 180 Å². The number of fused-ring (bicyclic) bond motifs is 1. The van der Waals surface area contributed by atoms with Gasteiger partial charge in [0.15, 0.2) is 11.5 Å². The number of hydrogen-bond donors (Lipinski definition) is 1. The summed E-state index contributed by atoms with van der Waals surface area (Å²) in [5, 5.41) is 6.21. The first kappa shape index (κ1) is 20.0. The summed E-state index contributed by atoms with van der Waals surface area (Å²) in [6, 6.07) is 24.6. The van der Waals surface area contributed by atoms with Crippen molar-refractivity contribution in [1.82, 2.24) is 0 Å². The smallest absolute Gasteiger partial charge is 0.180 e. The van der Waals surface area contributed by atoms with Crippen LogP contribution in [0.15, 0.2) is 78.9 Å². The Kier molecular flexibility index (Phi) is 6.05. The Hall–Kier alpha value is -3.24. The van der Waals surface area contributed by atoms with Gasteiger partial charge in [0.1, 0.15) is 12.4 Å². The highest BCUT2D eigenvalue weighted by Gasteiger charge is 2.13. The molecule has 0 radical (unpaired) electrons. The van der Waals surface area contributed by atoms with Crippen LogP contribution >= 0.6 is 11.6 Å². The second-order valence-corrected chi connectivity index (χ2v) is 7.28. The maximum Gasteiger partial charge on any atom is 0.180 e. The van der Waals surface area contributed by atoms with E-state index in [0.29, 0.717) is 28.6 Å². The molecule has 0 spiro atoms. The third-order valence-corrected chi connectivity index (χ3v) is 5.17. The minimum absolute atomic E-state index is 0.0658. The molecule has 0 aliphatic heterocycles. The quantitative estimate of drug-likeness (QED) is 0.354. The number of rotatable bonds is 7. The normalized spacial score (nSPS) is 10.8. The van der Waals surface area contributed by atoms with Crippen LogP contribution in [0.1, 0.15) is 11.1 Å². The van der Waals surface area contributed by atoms with Crippen LogP contribution in [0.4, 0.5) is 10.1 Å². The minimum Gasteiger partial charge on any atom is -0.493 e. The van der Waals surface area contributed by atoms with E-state index in [2.05, 4.69) is 23.5 Å². The Morgan fingerprint density at radius 2 is 1.70 bits per heavy atom. The summed E-state index contributed by atoms with van der Waals surface area (Å²) < 4.78 is 25.1. The summed E-state index contributed by atoms with van der Waals surface area (Å²) in [6.45, 7) is 0.633.